The normalized spacial score (nSPS) is 13.3. The van der Waals surface area contributed by atoms with Gasteiger partial charge in [0.25, 0.3) is 0 Å². The smallest absolute Gasteiger partial charge is 0.166 e. The lowest BCUT2D eigenvalue weighted by Gasteiger charge is -2.18. The Morgan fingerprint density at radius 3 is 2.15 bits per heavy atom. The molecule has 0 N–H and O–H groups in total. The van der Waals surface area contributed by atoms with Crippen molar-refractivity contribution < 1.29 is 13.2 Å². The Balaban J connectivity index is 2.51. The van der Waals surface area contributed by atoms with Gasteiger partial charge >= 0.3 is 6.18 Å². The predicted octanol–water partition coefficient (Wildman–Crippen LogP) is 6.34. The Morgan fingerprint density at radius 2 is 1.55 bits per heavy atom. The maximum atomic E-state index is 13.0. The van der Waals surface area contributed by atoms with Crippen molar-refractivity contribution in [3.8, 4) is 0 Å². The summed E-state index contributed by atoms with van der Waals surface area (Å²) < 4.78 is 38.9. The Labute approximate surface area is 129 Å². The lowest BCUT2D eigenvalue weighted by molar-refractivity contribution is -0.138. The van der Waals surface area contributed by atoms with E-state index in [0.29, 0.717) is 10.6 Å². The zero-order chi connectivity index (χ0) is 14.9. The highest BCUT2D eigenvalue weighted by molar-refractivity contribution is 6.36. The fourth-order valence-corrected chi connectivity index (χ4v) is 2.80. The van der Waals surface area contributed by atoms with Gasteiger partial charge in [-0.25, -0.2) is 0 Å². The average Bonchev–Trinajstić information content (AvgIpc) is 2.37. The van der Waals surface area contributed by atoms with Crippen molar-refractivity contribution >= 4 is 34.8 Å². The minimum atomic E-state index is -4.47. The van der Waals surface area contributed by atoms with E-state index < -0.39 is 17.1 Å². The number of hydrogen-bond donors (Lipinski definition) is 0. The zero-order valence-electron chi connectivity index (χ0n) is 9.89. The lowest BCUT2D eigenvalue weighted by Crippen LogP contribution is -2.10. The van der Waals surface area contributed by atoms with Gasteiger partial charge in [0, 0.05) is 10.0 Å². The first-order valence-corrected chi connectivity index (χ1v) is 6.75. The van der Waals surface area contributed by atoms with Gasteiger partial charge in [-0.05, 0) is 29.3 Å². The minimum Gasteiger partial charge on any atom is -0.166 e. The van der Waals surface area contributed by atoms with Crippen LogP contribution >= 0.6 is 34.8 Å². The van der Waals surface area contributed by atoms with Crippen molar-refractivity contribution in [3.63, 3.8) is 0 Å². The van der Waals surface area contributed by atoms with Crippen LogP contribution in [-0.2, 0) is 6.18 Å². The Hall–Kier alpha value is -0.900. The van der Waals surface area contributed by atoms with Gasteiger partial charge in [0.1, 0.15) is 0 Å². The molecule has 0 fully saturated rings. The van der Waals surface area contributed by atoms with E-state index in [1.165, 1.54) is 36.4 Å². The summed E-state index contributed by atoms with van der Waals surface area (Å²) in [5.41, 5.74) is -0.425. The topological polar surface area (TPSA) is 0 Å². The van der Waals surface area contributed by atoms with E-state index in [1.54, 1.807) is 0 Å². The molecule has 2 aromatic rings. The van der Waals surface area contributed by atoms with Crippen LogP contribution in [0.5, 0.6) is 0 Å². The largest absolute Gasteiger partial charge is 0.416 e. The third-order valence-corrected chi connectivity index (χ3v) is 3.81. The first-order chi connectivity index (χ1) is 9.30. The predicted molar refractivity (Wildman–Crippen MR) is 75.6 cm³/mol. The molecule has 0 aliphatic rings. The molecule has 1 unspecified atom stereocenters. The molecule has 0 amide bonds. The van der Waals surface area contributed by atoms with E-state index in [4.69, 9.17) is 34.8 Å². The number of alkyl halides is 4. The quantitative estimate of drug-likeness (QED) is 0.560. The maximum absolute atomic E-state index is 13.0. The second-order valence-corrected chi connectivity index (χ2v) is 5.39. The van der Waals surface area contributed by atoms with Crippen molar-refractivity contribution in [3.05, 3.63) is 69.2 Å². The summed E-state index contributed by atoms with van der Waals surface area (Å²) >= 11 is 17.9. The summed E-state index contributed by atoms with van der Waals surface area (Å²) in [7, 11) is 0. The van der Waals surface area contributed by atoms with Gasteiger partial charge in [0.2, 0.25) is 0 Å². The molecule has 0 aromatic heterocycles. The number of benzene rings is 2. The van der Waals surface area contributed by atoms with Gasteiger partial charge in [-0.3, -0.25) is 0 Å². The van der Waals surface area contributed by atoms with Crippen LogP contribution in [0.4, 0.5) is 13.2 Å². The molecular weight excluding hydrogens is 332 g/mol. The fourth-order valence-electron chi connectivity index (χ4n) is 1.85. The van der Waals surface area contributed by atoms with E-state index >= 15 is 0 Å². The van der Waals surface area contributed by atoms with E-state index in [-0.39, 0.29) is 10.6 Å². The SMILES string of the molecule is FC(F)(F)c1ccccc1C(Cl)c1ccc(Cl)cc1Cl. The summed E-state index contributed by atoms with van der Waals surface area (Å²) in [6.45, 7) is 0. The van der Waals surface area contributed by atoms with Crippen molar-refractivity contribution in [2.45, 2.75) is 11.6 Å². The van der Waals surface area contributed by atoms with Crippen molar-refractivity contribution in [1.29, 1.82) is 0 Å². The number of halogens is 6. The number of hydrogen-bond acceptors (Lipinski definition) is 0. The van der Waals surface area contributed by atoms with Gasteiger partial charge in [-0.2, -0.15) is 13.2 Å². The van der Waals surface area contributed by atoms with Crippen LogP contribution in [0.2, 0.25) is 10.0 Å². The third-order valence-electron chi connectivity index (χ3n) is 2.77. The minimum absolute atomic E-state index is 0.0362. The van der Waals surface area contributed by atoms with Gasteiger partial charge in [0.05, 0.1) is 10.9 Å². The van der Waals surface area contributed by atoms with Crippen molar-refractivity contribution in [1.82, 2.24) is 0 Å². The summed E-state index contributed by atoms with van der Waals surface area (Å²) in [5, 5.41) is -0.376. The zero-order valence-corrected chi connectivity index (χ0v) is 12.2. The maximum Gasteiger partial charge on any atom is 0.416 e. The molecule has 20 heavy (non-hydrogen) atoms. The summed E-state index contributed by atoms with van der Waals surface area (Å²) in [4.78, 5) is 0. The second-order valence-electron chi connectivity index (χ2n) is 4.11. The third kappa shape index (κ3) is 3.22. The van der Waals surface area contributed by atoms with Gasteiger partial charge in [0.15, 0.2) is 0 Å². The first-order valence-electron chi connectivity index (χ1n) is 5.56. The molecule has 0 heterocycles. The molecule has 2 aromatic carbocycles. The lowest BCUT2D eigenvalue weighted by atomic mass is 9.99. The highest BCUT2D eigenvalue weighted by atomic mass is 35.5. The molecule has 0 spiro atoms. The average molecular weight is 340 g/mol. The molecule has 0 nitrogen and oxygen atoms in total. The van der Waals surface area contributed by atoms with Crippen LogP contribution in [-0.4, -0.2) is 0 Å². The van der Waals surface area contributed by atoms with E-state index in [9.17, 15) is 13.2 Å². The highest BCUT2D eigenvalue weighted by Crippen LogP contribution is 2.41. The molecular formula is C14H8Cl3F3. The van der Waals surface area contributed by atoms with Crippen LogP contribution < -0.4 is 0 Å². The Bertz CT molecular complexity index is 623. The van der Waals surface area contributed by atoms with Crippen molar-refractivity contribution in [2.24, 2.45) is 0 Å². The summed E-state index contributed by atoms with van der Waals surface area (Å²) in [6.07, 6.45) is -4.47. The molecule has 0 radical (unpaired) electrons. The van der Waals surface area contributed by atoms with Gasteiger partial charge < -0.3 is 0 Å². The van der Waals surface area contributed by atoms with Crippen LogP contribution in [0.15, 0.2) is 42.5 Å². The molecule has 2 rings (SSSR count). The van der Waals surface area contributed by atoms with Gasteiger partial charge in [-0.1, -0.05) is 47.5 Å². The van der Waals surface area contributed by atoms with E-state index in [2.05, 4.69) is 0 Å². The molecule has 0 aliphatic heterocycles. The highest BCUT2D eigenvalue weighted by Gasteiger charge is 2.35. The molecule has 1 atom stereocenters. The van der Waals surface area contributed by atoms with E-state index in [1.807, 2.05) is 0 Å². The Kier molecular flexibility index (Phi) is 4.52. The summed E-state index contributed by atoms with van der Waals surface area (Å²) in [6, 6.07) is 9.66. The van der Waals surface area contributed by atoms with Crippen LogP contribution in [0, 0.1) is 0 Å². The molecule has 0 aliphatic carbocycles. The molecule has 0 saturated carbocycles. The van der Waals surface area contributed by atoms with Crippen molar-refractivity contribution in [2.75, 3.05) is 0 Å². The summed E-state index contributed by atoms with van der Waals surface area (Å²) in [5.74, 6) is 0. The van der Waals surface area contributed by atoms with Crippen LogP contribution in [0.25, 0.3) is 0 Å². The van der Waals surface area contributed by atoms with Gasteiger partial charge in [-0.15, -0.1) is 11.6 Å². The van der Waals surface area contributed by atoms with E-state index in [0.717, 1.165) is 6.07 Å². The monoisotopic (exact) mass is 338 g/mol. The number of rotatable bonds is 2. The standard InChI is InChI=1S/C14H8Cl3F3/c15-8-5-6-10(12(16)7-8)13(17)9-3-1-2-4-11(9)14(18,19)20/h1-7,13H. The first kappa shape index (κ1) is 15.5. The molecule has 0 saturated heterocycles. The molecule has 106 valence electrons. The fraction of sp³-hybridized carbons (Fsp3) is 0.143. The molecule has 0 bridgehead atoms. The Morgan fingerprint density at radius 1 is 0.900 bits per heavy atom. The second kappa shape index (κ2) is 5.84. The van der Waals surface area contributed by atoms with Crippen LogP contribution in [0.1, 0.15) is 22.1 Å². The molecule has 6 heteroatoms. The van der Waals surface area contributed by atoms with Crippen LogP contribution in [0.3, 0.4) is 0 Å².